The summed E-state index contributed by atoms with van der Waals surface area (Å²) in [5.74, 6) is 0.911. The van der Waals surface area contributed by atoms with Crippen LogP contribution in [0.2, 0.25) is 0 Å². The van der Waals surface area contributed by atoms with Crippen LogP contribution in [0.1, 0.15) is 11.8 Å². The summed E-state index contributed by atoms with van der Waals surface area (Å²) in [6.07, 6.45) is -0.222. The monoisotopic (exact) mass is 518 g/mol. The first kappa shape index (κ1) is 21.2. The molecule has 0 saturated carbocycles. The lowest BCUT2D eigenvalue weighted by Gasteiger charge is -2.14. The summed E-state index contributed by atoms with van der Waals surface area (Å²) in [5.41, 5.74) is 5.77. The molecule has 8 aromatic rings. The Labute approximate surface area is 228 Å². The third-order valence-corrected chi connectivity index (χ3v) is 9.16. The van der Waals surface area contributed by atoms with Crippen LogP contribution in [-0.2, 0) is 0 Å². The molecule has 0 bridgehead atoms. The fourth-order valence-electron chi connectivity index (χ4n) is 6.21. The van der Waals surface area contributed by atoms with Crippen molar-refractivity contribution in [2.45, 2.75) is 6.23 Å². The number of benzene rings is 6. The summed E-state index contributed by atoms with van der Waals surface area (Å²) < 4.78 is 11.4. The Bertz CT molecular complexity index is 2240. The fraction of sp³-hybridized carbons (Fsp3) is 0.0286. The molecule has 0 spiro atoms. The highest BCUT2D eigenvalue weighted by Crippen LogP contribution is 2.48. The maximum atomic E-state index is 6.43. The average Bonchev–Trinajstić information content (AvgIpc) is 3.67. The standard InChI is InChI=1S/C35H22N2OS/c1-2-8-23-20-29-27(19-22(23)7-1)25-9-3-5-11-28(25)37(29)24-15-13-21(14-16-24)35-36-34-30(38-35)17-18-32-33(34)26-10-4-6-12-31(26)39-32/h1-20,35-36H. The van der Waals surface area contributed by atoms with Gasteiger partial charge in [0.25, 0.3) is 0 Å². The average molecular weight is 519 g/mol. The molecule has 1 aliphatic rings. The Balaban J connectivity index is 1.14. The SMILES string of the molecule is c1ccc2cc3c(cc2c1)c1ccccc1n3-c1ccc(C2Nc3c(ccc4sc5ccccc5c34)O2)cc1. The summed E-state index contributed by atoms with van der Waals surface area (Å²) in [6.45, 7) is 0. The molecular formula is C35H22N2OS. The van der Waals surface area contributed by atoms with E-state index >= 15 is 0 Å². The molecule has 1 unspecified atom stereocenters. The van der Waals surface area contributed by atoms with Crippen LogP contribution < -0.4 is 10.1 Å². The Kier molecular flexibility index (Phi) is 4.26. The molecule has 0 radical (unpaired) electrons. The first-order valence-electron chi connectivity index (χ1n) is 13.2. The van der Waals surface area contributed by atoms with Crippen LogP contribution in [0.5, 0.6) is 5.75 Å². The molecule has 184 valence electrons. The van der Waals surface area contributed by atoms with E-state index in [1.54, 1.807) is 0 Å². The van der Waals surface area contributed by atoms with Crippen molar-refractivity contribution in [1.82, 2.24) is 4.57 Å². The van der Waals surface area contributed by atoms with Crippen molar-refractivity contribution in [2.75, 3.05) is 5.32 Å². The molecule has 39 heavy (non-hydrogen) atoms. The van der Waals surface area contributed by atoms with Crippen molar-refractivity contribution < 1.29 is 4.74 Å². The molecule has 9 rings (SSSR count). The molecule has 3 heterocycles. The fourth-order valence-corrected chi connectivity index (χ4v) is 7.32. The van der Waals surface area contributed by atoms with Crippen LogP contribution in [0.15, 0.2) is 121 Å². The van der Waals surface area contributed by atoms with Gasteiger partial charge in [0.05, 0.1) is 16.7 Å². The van der Waals surface area contributed by atoms with Crippen molar-refractivity contribution in [3.63, 3.8) is 0 Å². The third-order valence-electron chi connectivity index (χ3n) is 8.02. The molecule has 0 aliphatic carbocycles. The first-order chi connectivity index (χ1) is 19.3. The predicted molar refractivity (Wildman–Crippen MR) is 165 cm³/mol. The summed E-state index contributed by atoms with van der Waals surface area (Å²) >= 11 is 1.83. The molecule has 1 N–H and O–H groups in total. The van der Waals surface area contributed by atoms with E-state index in [1.807, 2.05) is 11.3 Å². The number of anilines is 1. The molecule has 0 fully saturated rings. The van der Waals surface area contributed by atoms with Gasteiger partial charge in [0.2, 0.25) is 0 Å². The number of thiophene rings is 1. The van der Waals surface area contributed by atoms with Crippen molar-refractivity contribution in [3.05, 3.63) is 127 Å². The van der Waals surface area contributed by atoms with Gasteiger partial charge in [0.1, 0.15) is 5.75 Å². The third kappa shape index (κ3) is 3.03. The maximum Gasteiger partial charge on any atom is 0.196 e. The van der Waals surface area contributed by atoms with Gasteiger partial charge in [-0.3, -0.25) is 0 Å². The Morgan fingerprint density at radius 2 is 1.36 bits per heavy atom. The molecule has 2 aromatic heterocycles. The van der Waals surface area contributed by atoms with Crippen molar-refractivity contribution in [1.29, 1.82) is 0 Å². The molecule has 3 nitrogen and oxygen atoms in total. The molecule has 1 aliphatic heterocycles. The van der Waals surface area contributed by atoms with E-state index < -0.39 is 0 Å². The Morgan fingerprint density at radius 3 is 2.23 bits per heavy atom. The van der Waals surface area contributed by atoms with Crippen molar-refractivity contribution >= 4 is 69.8 Å². The number of nitrogens with zero attached hydrogens (tertiary/aromatic N) is 1. The number of fused-ring (bicyclic) bond motifs is 9. The van der Waals surface area contributed by atoms with Gasteiger partial charge in [-0.2, -0.15) is 0 Å². The zero-order chi connectivity index (χ0) is 25.5. The number of hydrogen-bond donors (Lipinski definition) is 1. The second-order valence-corrected chi connectivity index (χ2v) is 11.3. The minimum Gasteiger partial charge on any atom is -0.464 e. The van der Waals surface area contributed by atoms with Crippen LogP contribution in [0.4, 0.5) is 5.69 Å². The smallest absolute Gasteiger partial charge is 0.196 e. The summed E-state index contributed by atoms with van der Waals surface area (Å²) in [6, 6.07) is 43.6. The van der Waals surface area contributed by atoms with E-state index in [0.717, 1.165) is 22.7 Å². The minimum absolute atomic E-state index is 0.222. The van der Waals surface area contributed by atoms with Gasteiger partial charge in [-0.25, -0.2) is 0 Å². The quantitative estimate of drug-likeness (QED) is 0.246. The zero-order valence-electron chi connectivity index (χ0n) is 20.9. The summed E-state index contributed by atoms with van der Waals surface area (Å²) in [5, 5.41) is 11.3. The molecule has 0 saturated heterocycles. The molecular weight excluding hydrogens is 496 g/mol. The number of ether oxygens (including phenoxy) is 1. The first-order valence-corrected chi connectivity index (χ1v) is 14.0. The molecule has 4 heteroatoms. The predicted octanol–water partition coefficient (Wildman–Crippen LogP) is 9.81. The lowest BCUT2D eigenvalue weighted by Crippen LogP contribution is -2.10. The van der Waals surface area contributed by atoms with E-state index in [1.165, 1.54) is 52.8 Å². The van der Waals surface area contributed by atoms with Gasteiger partial charge in [0.15, 0.2) is 6.23 Å². The largest absolute Gasteiger partial charge is 0.464 e. The number of para-hydroxylation sites is 1. The van der Waals surface area contributed by atoms with E-state index in [-0.39, 0.29) is 6.23 Å². The Hall–Kier alpha value is -4.80. The Morgan fingerprint density at radius 1 is 0.615 bits per heavy atom. The van der Waals surface area contributed by atoms with Crippen LogP contribution in [0.25, 0.3) is 58.4 Å². The van der Waals surface area contributed by atoms with Crippen LogP contribution >= 0.6 is 11.3 Å². The molecule has 6 aromatic carbocycles. The highest BCUT2D eigenvalue weighted by Gasteiger charge is 2.27. The van der Waals surface area contributed by atoms with Gasteiger partial charge in [-0.05, 0) is 59.3 Å². The van der Waals surface area contributed by atoms with Crippen LogP contribution in [0.3, 0.4) is 0 Å². The van der Waals surface area contributed by atoms with Crippen LogP contribution in [-0.4, -0.2) is 4.57 Å². The highest BCUT2D eigenvalue weighted by molar-refractivity contribution is 7.26. The lowest BCUT2D eigenvalue weighted by atomic mass is 10.1. The number of hydrogen-bond acceptors (Lipinski definition) is 3. The lowest BCUT2D eigenvalue weighted by molar-refractivity contribution is 0.260. The number of rotatable bonds is 2. The van der Waals surface area contributed by atoms with E-state index in [4.69, 9.17) is 4.74 Å². The van der Waals surface area contributed by atoms with Gasteiger partial charge in [-0.1, -0.05) is 72.8 Å². The van der Waals surface area contributed by atoms with E-state index in [0.29, 0.717) is 0 Å². The van der Waals surface area contributed by atoms with E-state index in [2.05, 4.69) is 131 Å². The number of aromatic nitrogens is 1. The van der Waals surface area contributed by atoms with Gasteiger partial charge < -0.3 is 14.6 Å². The molecule has 0 amide bonds. The molecule has 1 atom stereocenters. The topological polar surface area (TPSA) is 26.2 Å². The van der Waals surface area contributed by atoms with Crippen LogP contribution in [0, 0.1) is 0 Å². The summed E-state index contributed by atoms with van der Waals surface area (Å²) in [4.78, 5) is 0. The zero-order valence-corrected chi connectivity index (χ0v) is 21.7. The minimum atomic E-state index is -0.222. The summed E-state index contributed by atoms with van der Waals surface area (Å²) in [7, 11) is 0. The van der Waals surface area contributed by atoms with E-state index in [9.17, 15) is 0 Å². The van der Waals surface area contributed by atoms with Gasteiger partial charge in [-0.15, -0.1) is 11.3 Å². The van der Waals surface area contributed by atoms with Gasteiger partial charge in [0, 0.05) is 42.2 Å². The normalized spacial score (nSPS) is 14.8. The van der Waals surface area contributed by atoms with Gasteiger partial charge >= 0.3 is 0 Å². The number of nitrogens with one attached hydrogen (secondary N) is 1. The van der Waals surface area contributed by atoms with Crippen molar-refractivity contribution in [3.8, 4) is 11.4 Å². The van der Waals surface area contributed by atoms with Crippen molar-refractivity contribution in [2.24, 2.45) is 0 Å². The highest BCUT2D eigenvalue weighted by atomic mass is 32.1. The second kappa shape index (κ2) is 7.85. The maximum absolute atomic E-state index is 6.43. The second-order valence-electron chi connectivity index (χ2n) is 10.2.